The molecule has 0 bridgehead atoms. The Labute approximate surface area is 153 Å². The summed E-state index contributed by atoms with van der Waals surface area (Å²) in [5.74, 6) is -0.165. The fraction of sp³-hybridized carbons (Fsp3) is 0.263. The Morgan fingerprint density at radius 1 is 1.16 bits per heavy atom. The van der Waals surface area contributed by atoms with Crippen molar-refractivity contribution in [3.8, 4) is 0 Å². The van der Waals surface area contributed by atoms with Gasteiger partial charge >= 0.3 is 0 Å². The summed E-state index contributed by atoms with van der Waals surface area (Å²) in [7, 11) is 3.41. The third-order valence-electron chi connectivity index (χ3n) is 3.85. The van der Waals surface area contributed by atoms with Crippen LogP contribution in [0, 0.1) is 0 Å². The Balaban J connectivity index is 1.87. The van der Waals surface area contributed by atoms with Crippen LogP contribution in [-0.2, 0) is 4.79 Å². The van der Waals surface area contributed by atoms with E-state index in [0.29, 0.717) is 22.8 Å². The molecule has 0 saturated heterocycles. The zero-order valence-corrected chi connectivity index (χ0v) is 15.4. The van der Waals surface area contributed by atoms with Crippen molar-refractivity contribution >= 4 is 29.1 Å². The van der Waals surface area contributed by atoms with E-state index >= 15 is 0 Å². The summed E-state index contributed by atoms with van der Waals surface area (Å²) in [6.45, 7) is 2.33. The molecule has 3 N–H and O–H groups in total. The molecular weight excluding hydrogens is 338 g/mol. The van der Waals surface area contributed by atoms with Crippen molar-refractivity contribution in [2.75, 3.05) is 26.0 Å². The van der Waals surface area contributed by atoms with Gasteiger partial charge in [-0.2, -0.15) is 0 Å². The van der Waals surface area contributed by atoms with E-state index in [1.54, 1.807) is 38.4 Å². The molecular formula is C19H23ClN3O2+. The van der Waals surface area contributed by atoms with Crippen molar-refractivity contribution < 1.29 is 14.9 Å². The Morgan fingerprint density at radius 2 is 1.84 bits per heavy atom. The van der Waals surface area contributed by atoms with E-state index in [1.807, 2.05) is 36.5 Å². The fourth-order valence-corrected chi connectivity index (χ4v) is 2.57. The second kappa shape index (κ2) is 8.65. The lowest BCUT2D eigenvalue weighted by Gasteiger charge is -2.12. The summed E-state index contributed by atoms with van der Waals surface area (Å²) in [5.41, 5.74) is 2.33. The lowest BCUT2D eigenvalue weighted by atomic mass is 10.1. The average molecular weight is 361 g/mol. The van der Waals surface area contributed by atoms with Crippen molar-refractivity contribution in [2.24, 2.45) is 0 Å². The zero-order valence-electron chi connectivity index (χ0n) is 14.6. The lowest BCUT2D eigenvalue weighted by Crippen LogP contribution is -2.86. The number of nitrogens with two attached hydrogens (primary N) is 1. The molecule has 2 aromatic rings. The van der Waals surface area contributed by atoms with Crippen LogP contribution in [0.2, 0.25) is 5.02 Å². The molecule has 2 aromatic carbocycles. The largest absolute Gasteiger partial charge is 0.345 e. The van der Waals surface area contributed by atoms with Crippen molar-refractivity contribution in [3.05, 3.63) is 64.7 Å². The van der Waals surface area contributed by atoms with Gasteiger partial charge < -0.3 is 15.5 Å². The van der Waals surface area contributed by atoms with Crippen LogP contribution in [-0.4, -0.2) is 37.4 Å². The summed E-state index contributed by atoms with van der Waals surface area (Å²) in [5, 5.41) is 5.47. The van der Waals surface area contributed by atoms with Crippen LogP contribution in [0.25, 0.3) is 0 Å². The van der Waals surface area contributed by atoms with E-state index < -0.39 is 0 Å². The monoisotopic (exact) mass is 360 g/mol. The highest BCUT2D eigenvalue weighted by Crippen LogP contribution is 2.14. The molecule has 0 spiro atoms. The Morgan fingerprint density at radius 3 is 2.44 bits per heavy atom. The van der Waals surface area contributed by atoms with Crippen LogP contribution < -0.4 is 10.6 Å². The van der Waals surface area contributed by atoms with E-state index in [2.05, 4.69) is 5.32 Å². The zero-order chi connectivity index (χ0) is 18.4. The first-order valence-electron chi connectivity index (χ1n) is 8.07. The van der Waals surface area contributed by atoms with Crippen molar-refractivity contribution in [2.45, 2.75) is 13.0 Å². The molecule has 0 radical (unpaired) electrons. The summed E-state index contributed by atoms with van der Waals surface area (Å²) in [6.07, 6.45) is 0. The Kier molecular flexibility index (Phi) is 6.56. The molecule has 0 fully saturated rings. The number of halogens is 1. The topological polar surface area (TPSA) is 66.0 Å². The third kappa shape index (κ3) is 5.59. The molecule has 2 amide bonds. The molecule has 6 heteroatoms. The molecule has 0 aliphatic rings. The minimum absolute atomic E-state index is 0.0680. The van der Waals surface area contributed by atoms with Crippen LogP contribution in [0.5, 0.6) is 0 Å². The summed E-state index contributed by atoms with van der Waals surface area (Å²) < 4.78 is 0. The van der Waals surface area contributed by atoms with Gasteiger partial charge in [0.2, 0.25) is 0 Å². The molecule has 2 rings (SSSR count). The van der Waals surface area contributed by atoms with E-state index in [-0.39, 0.29) is 17.9 Å². The molecule has 25 heavy (non-hydrogen) atoms. The van der Waals surface area contributed by atoms with Gasteiger partial charge in [-0.15, -0.1) is 0 Å². The quantitative estimate of drug-likeness (QED) is 0.830. The number of quaternary nitrogens is 1. The SMILES string of the molecule is C[C@@H]([NH2+]CC(=O)Nc1ccc(C(=O)N(C)C)cc1)c1cccc(Cl)c1. The maximum Gasteiger partial charge on any atom is 0.279 e. The van der Waals surface area contributed by atoms with Crippen LogP contribution in [0.3, 0.4) is 0 Å². The molecule has 0 aliphatic heterocycles. The minimum Gasteiger partial charge on any atom is -0.345 e. The van der Waals surface area contributed by atoms with Crippen molar-refractivity contribution in [3.63, 3.8) is 0 Å². The van der Waals surface area contributed by atoms with E-state index in [1.165, 1.54) is 4.90 Å². The van der Waals surface area contributed by atoms with Gasteiger partial charge in [-0.3, -0.25) is 9.59 Å². The van der Waals surface area contributed by atoms with Crippen molar-refractivity contribution in [1.29, 1.82) is 0 Å². The molecule has 0 unspecified atom stereocenters. The predicted molar refractivity (Wildman–Crippen MR) is 99.7 cm³/mol. The van der Waals surface area contributed by atoms with Gasteiger partial charge in [0.05, 0.1) is 0 Å². The van der Waals surface area contributed by atoms with Crippen LogP contribution in [0.4, 0.5) is 5.69 Å². The number of rotatable bonds is 6. The summed E-state index contributed by atoms with van der Waals surface area (Å²) in [4.78, 5) is 25.5. The standard InChI is InChI=1S/C19H22ClN3O2/c1-13(15-5-4-6-16(20)11-15)21-12-18(24)22-17-9-7-14(8-10-17)19(25)23(2)3/h4-11,13,21H,12H2,1-3H3,(H,22,24)/p+1/t13-/m1/s1. The predicted octanol–water partition coefficient (Wildman–Crippen LogP) is 2.30. The number of anilines is 1. The number of hydrogen-bond acceptors (Lipinski definition) is 2. The van der Waals surface area contributed by atoms with Gasteiger partial charge in [0.15, 0.2) is 6.54 Å². The van der Waals surface area contributed by atoms with Gasteiger partial charge in [-0.1, -0.05) is 23.7 Å². The van der Waals surface area contributed by atoms with Crippen LogP contribution >= 0.6 is 11.6 Å². The third-order valence-corrected chi connectivity index (χ3v) is 4.09. The van der Waals surface area contributed by atoms with Gasteiger partial charge in [0.1, 0.15) is 6.04 Å². The molecule has 5 nitrogen and oxygen atoms in total. The number of benzene rings is 2. The number of carbonyl (C=O) groups excluding carboxylic acids is 2. The number of nitrogens with one attached hydrogen (secondary N) is 1. The number of carbonyl (C=O) groups is 2. The van der Waals surface area contributed by atoms with Crippen LogP contribution in [0.15, 0.2) is 48.5 Å². The maximum absolute atomic E-state index is 12.1. The first-order chi connectivity index (χ1) is 11.9. The number of amides is 2. The Bertz CT molecular complexity index is 745. The van der Waals surface area contributed by atoms with Gasteiger partial charge in [-0.05, 0) is 43.3 Å². The highest BCUT2D eigenvalue weighted by molar-refractivity contribution is 6.30. The lowest BCUT2D eigenvalue weighted by molar-refractivity contribution is -0.682. The first-order valence-corrected chi connectivity index (χ1v) is 8.45. The molecule has 1 atom stereocenters. The molecule has 0 saturated carbocycles. The molecule has 132 valence electrons. The normalized spacial score (nSPS) is 11.7. The minimum atomic E-state index is -0.0967. The number of hydrogen-bond donors (Lipinski definition) is 2. The van der Waals surface area contributed by atoms with Crippen molar-refractivity contribution in [1.82, 2.24) is 4.90 Å². The fourth-order valence-electron chi connectivity index (χ4n) is 2.38. The van der Waals surface area contributed by atoms with Gasteiger partial charge in [0.25, 0.3) is 11.8 Å². The first kappa shape index (κ1) is 19.0. The van der Waals surface area contributed by atoms with Crippen LogP contribution in [0.1, 0.15) is 28.9 Å². The molecule has 0 aromatic heterocycles. The second-order valence-corrected chi connectivity index (χ2v) is 6.55. The van der Waals surface area contributed by atoms with E-state index in [4.69, 9.17) is 11.6 Å². The Hall–Kier alpha value is -2.37. The summed E-state index contributed by atoms with van der Waals surface area (Å²) in [6, 6.07) is 14.6. The number of nitrogens with zero attached hydrogens (tertiary/aromatic N) is 1. The van der Waals surface area contributed by atoms with Gasteiger partial charge in [0, 0.05) is 35.9 Å². The highest BCUT2D eigenvalue weighted by atomic mass is 35.5. The maximum atomic E-state index is 12.1. The average Bonchev–Trinajstić information content (AvgIpc) is 2.59. The second-order valence-electron chi connectivity index (χ2n) is 6.11. The molecule has 0 aliphatic carbocycles. The highest BCUT2D eigenvalue weighted by Gasteiger charge is 2.12. The van der Waals surface area contributed by atoms with E-state index in [0.717, 1.165) is 5.56 Å². The summed E-state index contributed by atoms with van der Waals surface area (Å²) >= 11 is 5.99. The molecule has 0 heterocycles. The van der Waals surface area contributed by atoms with Gasteiger partial charge in [-0.25, -0.2) is 0 Å². The van der Waals surface area contributed by atoms with E-state index in [9.17, 15) is 9.59 Å². The smallest absolute Gasteiger partial charge is 0.279 e.